The number of hydrogen-bond donors (Lipinski definition) is 2. The van der Waals surface area contributed by atoms with Gasteiger partial charge in [0.1, 0.15) is 0 Å². The second-order valence-corrected chi connectivity index (χ2v) is 4.40. The van der Waals surface area contributed by atoms with Crippen LogP contribution in [0.15, 0.2) is 18.2 Å². The Balaban J connectivity index is 2.13. The number of nitrogens with two attached hydrogens (primary N) is 2. The molecule has 1 aliphatic rings. The Labute approximate surface area is 85.3 Å². The van der Waals surface area contributed by atoms with Gasteiger partial charge in [0.05, 0.1) is 0 Å². The van der Waals surface area contributed by atoms with Crippen molar-refractivity contribution in [2.75, 3.05) is 5.73 Å². The summed E-state index contributed by atoms with van der Waals surface area (Å²) in [6, 6.07) is 6.21. The molecule has 0 unspecified atom stereocenters. The topological polar surface area (TPSA) is 52.0 Å². The van der Waals surface area contributed by atoms with E-state index in [-0.39, 0.29) is 6.04 Å². The molecule has 0 heterocycles. The molecule has 2 rings (SSSR count). The zero-order valence-electron chi connectivity index (χ0n) is 8.66. The lowest BCUT2D eigenvalue weighted by Gasteiger charge is -2.14. The lowest BCUT2D eigenvalue weighted by Crippen LogP contribution is -2.12. The first-order valence-electron chi connectivity index (χ1n) is 5.28. The van der Waals surface area contributed by atoms with Gasteiger partial charge in [-0.1, -0.05) is 18.9 Å². The van der Waals surface area contributed by atoms with Gasteiger partial charge in [0.15, 0.2) is 0 Å². The normalized spacial score (nSPS) is 18.1. The molecule has 1 saturated carbocycles. The van der Waals surface area contributed by atoms with Crippen LogP contribution in [-0.4, -0.2) is 0 Å². The Bertz CT molecular complexity index is 329. The van der Waals surface area contributed by atoms with Crippen LogP contribution in [0.3, 0.4) is 0 Å². The Morgan fingerprint density at radius 1 is 1.43 bits per heavy atom. The van der Waals surface area contributed by atoms with Gasteiger partial charge in [0.2, 0.25) is 0 Å². The molecule has 76 valence electrons. The van der Waals surface area contributed by atoms with Crippen molar-refractivity contribution in [3.05, 3.63) is 29.3 Å². The third-order valence-corrected chi connectivity index (χ3v) is 2.98. The zero-order chi connectivity index (χ0) is 10.1. The van der Waals surface area contributed by atoms with Crippen LogP contribution in [0.4, 0.5) is 5.69 Å². The summed E-state index contributed by atoms with van der Waals surface area (Å²) in [6.07, 6.45) is 3.86. The van der Waals surface area contributed by atoms with Gasteiger partial charge in [-0.15, -0.1) is 0 Å². The van der Waals surface area contributed by atoms with Gasteiger partial charge in [0, 0.05) is 11.7 Å². The maximum absolute atomic E-state index is 6.15. The standard InChI is InChI=1S/C12H18N2/c1-8-6-10(13)4-5-11(8)12(14)7-9-2-3-9/h4-6,9,12H,2-3,7,13-14H2,1H3/t12-/m0/s1. The molecule has 0 bridgehead atoms. The van der Waals surface area contributed by atoms with Crippen molar-refractivity contribution in [3.63, 3.8) is 0 Å². The fraction of sp³-hybridized carbons (Fsp3) is 0.500. The molecule has 4 N–H and O–H groups in total. The lowest BCUT2D eigenvalue weighted by atomic mass is 9.97. The molecular formula is C12H18N2. The van der Waals surface area contributed by atoms with E-state index in [2.05, 4.69) is 13.0 Å². The van der Waals surface area contributed by atoms with Crippen LogP contribution in [-0.2, 0) is 0 Å². The van der Waals surface area contributed by atoms with Gasteiger partial charge < -0.3 is 11.5 Å². The molecule has 0 aliphatic heterocycles. The number of hydrogen-bond acceptors (Lipinski definition) is 2. The van der Waals surface area contributed by atoms with E-state index in [9.17, 15) is 0 Å². The molecule has 1 aromatic carbocycles. The van der Waals surface area contributed by atoms with E-state index in [0.29, 0.717) is 0 Å². The predicted octanol–water partition coefficient (Wildman–Crippen LogP) is 2.38. The molecule has 1 aliphatic carbocycles. The van der Waals surface area contributed by atoms with Gasteiger partial charge >= 0.3 is 0 Å². The maximum Gasteiger partial charge on any atom is 0.0316 e. The Kier molecular flexibility index (Phi) is 2.46. The second-order valence-electron chi connectivity index (χ2n) is 4.40. The van der Waals surface area contributed by atoms with E-state index >= 15 is 0 Å². The highest BCUT2D eigenvalue weighted by molar-refractivity contribution is 5.45. The minimum Gasteiger partial charge on any atom is -0.399 e. The summed E-state index contributed by atoms with van der Waals surface area (Å²) in [4.78, 5) is 0. The number of anilines is 1. The van der Waals surface area contributed by atoms with Crippen molar-refractivity contribution >= 4 is 5.69 Å². The largest absolute Gasteiger partial charge is 0.399 e. The number of benzene rings is 1. The van der Waals surface area contributed by atoms with Crippen molar-refractivity contribution in [1.29, 1.82) is 0 Å². The highest BCUT2D eigenvalue weighted by Crippen LogP contribution is 2.37. The second kappa shape index (κ2) is 3.62. The van der Waals surface area contributed by atoms with Crippen LogP contribution < -0.4 is 11.5 Å². The molecule has 0 amide bonds. The van der Waals surface area contributed by atoms with E-state index in [1.54, 1.807) is 0 Å². The molecule has 0 radical (unpaired) electrons. The van der Waals surface area contributed by atoms with E-state index in [0.717, 1.165) is 18.0 Å². The highest BCUT2D eigenvalue weighted by Gasteiger charge is 2.24. The Morgan fingerprint density at radius 3 is 2.71 bits per heavy atom. The highest BCUT2D eigenvalue weighted by atomic mass is 14.6. The van der Waals surface area contributed by atoms with E-state index in [1.165, 1.54) is 24.0 Å². The average molecular weight is 190 g/mol. The van der Waals surface area contributed by atoms with E-state index < -0.39 is 0 Å². The van der Waals surface area contributed by atoms with Gasteiger partial charge in [-0.2, -0.15) is 0 Å². The number of aryl methyl sites for hydroxylation is 1. The summed E-state index contributed by atoms with van der Waals surface area (Å²) in [7, 11) is 0. The van der Waals surface area contributed by atoms with Crippen LogP contribution in [0.5, 0.6) is 0 Å². The van der Waals surface area contributed by atoms with Gasteiger partial charge in [-0.3, -0.25) is 0 Å². The van der Waals surface area contributed by atoms with Crippen molar-refractivity contribution < 1.29 is 0 Å². The molecule has 14 heavy (non-hydrogen) atoms. The third kappa shape index (κ3) is 2.07. The molecule has 2 nitrogen and oxygen atoms in total. The fourth-order valence-corrected chi connectivity index (χ4v) is 1.95. The van der Waals surface area contributed by atoms with Crippen LogP contribution in [0.25, 0.3) is 0 Å². The van der Waals surface area contributed by atoms with Crippen LogP contribution in [0, 0.1) is 12.8 Å². The third-order valence-electron chi connectivity index (χ3n) is 2.98. The molecule has 0 spiro atoms. The SMILES string of the molecule is Cc1cc(N)ccc1[C@@H](N)CC1CC1. The molecule has 1 fully saturated rings. The molecule has 0 aromatic heterocycles. The summed E-state index contributed by atoms with van der Waals surface area (Å²) in [6.45, 7) is 2.08. The number of rotatable bonds is 3. The summed E-state index contributed by atoms with van der Waals surface area (Å²) < 4.78 is 0. The molecule has 1 atom stereocenters. The molecule has 2 heteroatoms. The van der Waals surface area contributed by atoms with E-state index in [4.69, 9.17) is 11.5 Å². The van der Waals surface area contributed by atoms with Crippen molar-refractivity contribution in [1.82, 2.24) is 0 Å². The first kappa shape index (κ1) is 9.53. The van der Waals surface area contributed by atoms with Gasteiger partial charge in [-0.05, 0) is 42.5 Å². The van der Waals surface area contributed by atoms with Crippen LogP contribution in [0.2, 0.25) is 0 Å². The van der Waals surface area contributed by atoms with Crippen molar-refractivity contribution in [2.24, 2.45) is 11.7 Å². The average Bonchev–Trinajstić information content (AvgIpc) is 2.87. The minimum atomic E-state index is 0.197. The summed E-state index contributed by atoms with van der Waals surface area (Å²) in [5.74, 6) is 0.877. The summed E-state index contributed by atoms with van der Waals surface area (Å²) in [5, 5.41) is 0. The molecular weight excluding hydrogens is 172 g/mol. The maximum atomic E-state index is 6.15. The van der Waals surface area contributed by atoms with Gasteiger partial charge in [-0.25, -0.2) is 0 Å². The molecule has 1 aromatic rings. The Hall–Kier alpha value is -1.02. The molecule has 0 saturated heterocycles. The van der Waals surface area contributed by atoms with Gasteiger partial charge in [0.25, 0.3) is 0 Å². The van der Waals surface area contributed by atoms with E-state index in [1.807, 2.05) is 12.1 Å². The monoisotopic (exact) mass is 190 g/mol. The lowest BCUT2D eigenvalue weighted by molar-refractivity contribution is 0.594. The zero-order valence-corrected chi connectivity index (χ0v) is 8.66. The van der Waals surface area contributed by atoms with Crippen LogP contribution >= 0.6 is 0 Å². The summed E-state index contributed by atoms with van der Waals surface area (Å²) in [5.41, 5.74) is 15.1. The Morgan fingerprint density at radius 2 is 2.14 bits per heavy atom. The first-order valence-corrected chi connectivity index (χ1v) is 5.28. The smallest absolute Gasteiger partial charge is 0.0316 e. The quantitative estimate of drug-likeness (QED) is 0.719. The fourth-order valence-electron chi connectivity index (χ4n) is 1.95. The van der Waals surface area contributed by atoms with Crippen molar-refractivity contribution in [2.45, 2.75) is 32.2 Å². The first-order chi connectivity index (χ1) is 6.66. The predicted molar refractivity (Wildman–Crippen MR) is 59.9 cm³/mol. The van der Waals surface area contributed by atoms with Crippen molar-refractivity contribution in [3.8, 4) is 0 Å². The summed E-state index contributed by atoms with van der Waals surface area (Å²) >= 11 is 0. The minimum absolute atomic E-state index is 0.197. The van der Waals surface area contributed by atoms with Crippen LogP contribution in [0.1, 0.15) is 36.4 Å². The number of nitrogen functional groups attached to an aromatic ring is 1.